The summed E-state index contributed by atoms with van der Waals surface area (Å²) in [6, 6.07) is 0. The van der Waals surface area contributed by atoms with E-state index in [4.69, 9.17) is 9.47 Å². The molecule has 4 heteroatoms. The van der Waals surface area contributed by atoms with Crippen molar-refractivity contribution in [2.75, 3.05) is 13.2 Å². The molecule has 19 heavy (non-hydrogen) atoms. The van der Waals surface area contributed by atoms with Crippen molar-refractivity contribution in [1.82, 2.24) is 0 Å². The second kappa shape index (κ2) is 10.6. The van der Waals surface area contributed by atoms with Crippen LogP contribution in [0, 0.1) is 11.8 Å². The lowest BCUT2D eigenvalue weighted by Gasteiger charge is -2.05. The van der Waals surface area contributed by atoms with Gasteiger partial charge in [-0.3, -0.25) is 4.79 Å². The molecule has 0 aromatic rings. The maximum Gasteiger partial charge on any atom is 0.330 e. The van der Waals surface area contributed by atoms with Gasteiger partial charge in [0.25, 0.3) is 0 Å². The topological polar surface area (TPSA) is 52.6 Å². The van der Waals surface area contributed by atoms with E-state index >= 15 is 0 Å². The fraction of sp³-hybridized carbons (Fsp3) is 0.733. The smallest absolute Gasteiger partial charge is 0.330 e. The summed E-state index contributed by atoms with van der Waals surface area (Å²) in [5.74, 6) is 0.300. The molecule has 0 aromatic carbocycles. The van der Waals surface area contributed by atoms with Crippen LogP contribution >= 0.6 is 0 Å². The van der Waals surface area contributed by atoms with Crippen molar-refractivity contribution in [3.05, 3.63) is 12.2 Å². The lowest BCUT2D eigenvalue weighted by atomic mass is 10.1. The van der Waals surface area contributed by atoms with Crippen molar-refractivity contribution in [3.8, 4) is 0 Å². The standard InChI is InChI=1S/C15H26O4/c1-12(2)8-10-18-14(16)6-5-7-15(17)19-11-9-13(3)4/h5-6,12-13H,7-11H2,1-4H3. The van der Waals surface area contributed by atoms with E-state index in [1.54, 1.807) is 0 Å². The first-order chi connectivity index (χ1) is 8.91. The average molecular weight is 270 g/mol. The Morgan fingerprint density at radius 3 is 2.00 bits per heavy atom. The highest BCUT2D eigenvalue weighted by Crippen LogP contribution is 2.01. The Balaban J connectivity index is 3.65. The molecule has 0 saturated carbocycles. The van der Waals surface area contributed by atoms with Gasteiger partial charge in [0, 0.05) is 6.08 Å². The van der Waals surface area contributed by atoms with Crippen LogP contribution in [0.2, 0.25) is 0 Å². The fourth-order valence-corrected chi connectivity index (χ4v) is 1.16. The zero-order valence-electron chi connectivity index (χ0n) is 12.5. The van der Waals surface area contributed by atoms with Crippen molar-refractivity contribution >= 4 is 11.9 Å². The minimum absolute atomic E-state index is 0.109. The number of carbonyl (C=O) groups excluding carboxylic acids is 2. The molecule has 0 N–H and O–H groups in total. The number of esters is 2. The molecule has 0 aliphatic heterocycles. The van der Waals surface area contributed by atoms with Crippen LogP contribution in [0.15, 0.2) is 12.2 Å². The summed E-state index contributed by atoms with van der Waals surface area (Å²) in [7, 11) is 0. The van der Waals surface area contributed by atoms with Gasteiger partial charge >= 0.3 is 11.9 Å². The van der Waals surface area contributed by atoms with Crippen molar-refractivity contribution in [3.63, 3.8) is 0 Å². The summed E-state index contributed by atoms with van der Waals surface area (Å²) in [4.78, 5) is 22.5. The Kier molecular flexibility index (Phi) is 9.85. The van der Waals surface area contributed by atoms with Gasteiger partial charge in [0.1, 0.15) is 0 Å². The molecular weight excluding hydrogens is 244 g/mol. The van der Waals surface area contributed by atoms with E-state index in [1.165, 1.54) is 12.2 Å². The number of carbonyl (C=O) groups is 2. The van der Waals surface area contributed by atoms with Crippen LogP contribution in [0.3, 0.4) is 0 Å². The Morgan fingerprint density at radius 2 is 1.47 bits per heavy atom. The summed E-state index contributed by atoms with van der Waals surface area (Å²) in [6.07, 6.45) is 4.57. The number of ether oxygens (including phenoxy) is 2. The lowest BCUT2D eigenvalue weighted by molar-refractivity contribution is -0.142. The summed E-state index contributed by atoms with van der Waals surface area (Å²) < 4.78 is 9.97. The van der Waals surface area contributed by atoms with E-state index in [9.17, 15) is 9.59 Å². The Bertz CT molecular complexity index is 293. The molecule has 0 heterocycles. The van der Waals surface area contributed by atoms with Gasteiger partial charge in [-0.05, 0) is 24.7 Å². The summed E-state index contributed by atoms with van der Waals surface area (Å²) in [5.41, 5.74) is 0. The van der Waals surface area contributed by atoms with E-state index in [-0.39, 0.29) is 12.4 Å². The Morgan fingerprint density at radius 1 is 0.947 bits per heavy atom. The SMILES string of the molecule is CC(C)CCOC(=O)C=CCC(=O)OCCC(C)C. The van der Waals surface area contributed by atoms with Crippen LogP contribution < -0.4 is 0 Å². The van der Waals surface area contributed by atoms with Crippen LogP contribution in [-0.4, -0.2) is 25.2 Å². The summed E-state index contributed by atoms with van der Waals surface area (Å²) >= 11 is 0. The molecule has 0 amide bonds. The van der Waals surface area contributed by atoms with E-state index in [2.05, 4.69) is 27.7 Å². The minimum atomic E-state index is -0.407. The molecule has 0 aliphatic rings. The third kappa shape index (κ3) is 12.9. The first kappa shape index (κ1) is 17.7. The van der Waals surface area contributed by atoms with Crippen LogP contribution in [0.1, 0.15) is 47.0 Å². The van der Waals surface area contributed by atoms with Gasteiger partial charge in [0.05, 0.1) is 19.6 Å². The van der Waals surface area contributed by atoms with Crippen molar-refractivity contribution in [2.45, 2.75) is 47.0 Å². The highest BCUT2D eigenvalue weighted by Gasteiger charge is 2.02. The Hall–Kier alpha value is -1.32. The number of hydrogen-bond donors (Lipinski definition) is 0. The molecule has 0 fully saturated rings. The Labute approximate surface area is 116 Å². The van der Waals surface area contributed by atoms with Gasteiger partial charge in [0.15, 0.2) is 0 Å². The molecule has 0 spiro atoms. The average Bonchev–Trinajstić information content (AvgIpc) is 2.27. The van der Waals surface area contributed by atoms with Gasteiger partial charge < -0.3 is 9.47 Å². The maximum atomic E-state index is 11.3. The first-order valence-electron chi connectivity index (χ1n) is 6.90. The molecule has 0 aromatic heterocycles. The normalized spacial score (nSPS) is 11.3. The third-order valence-electron chi connectivity index (χ3n) is 2.44. The number of rotatable bonds is 9. The van der Waals surface area contributed by atoms with Gasteiger partial charge in [0.2, 0.25) is 0 Å². The molecule has 110 valence electrons. The van der Waals surface area contributed by atoms with Crippen molar-refractivity contribution < 1.29 is 19.1 Å². The van der Waals surface area contributed by atoms with Crippen molar-refractivity contribution in [2.24, 2.45) is 11.8 Å². The van der Waals surface area contributed by atoms with Gasteiger partial charge in [-0.25, -0.2) is 4.79 Å². The summed E-state index contributed by atoms with van der Waals surface area (Å²) in [6.45, 7) is 9.12. The van der Waals surface area contributed by atoms with Crippen LogP contribution in [0.4, 0.5) is 0 Å². The monoisotopic (exact) mass is 270 g/mol. The van der Waals surface area contributed by atoms with E-state index in [0.717, 1.165) is 12.8 Å². The van der Waals surface area contributed by atoms with Gasteiger partial charge in [-0.1, -0.05) is 33.8 Å². The third-order valence-corrected chi connectivity index (χ3v) is 2.44. The molecule has 0 rings (SSSR count). The molecular formula is C15H26O4. The van der Waals surface area contributed by atoms with Crippen LogP contribution in [0.25, 0.3) is 0 Å². The molecule has 0 aliphatic carbocycles. The molecule has 0 radical (unpaired) electrons. The number of hydrogen-bond acceptors (Lipinski definition) is 4. The second-order valence-corrected chi connectivity index (χ2v) is 5.36. The highest BCUT2D eigenvalue weighted by molar-refractivity contribution is 5.83. The van der Waals surface area contributed by atoms with E-state index in [1.807, 2.05) is 0 Å². The largest absolute Gasteiger partial charge is 0.465 e. The quantitative estimate of drug-likeness (QED) is 0.477. The van der Waals surface area contributed by atoms with Crippen molar-refractivity contribution in [1.29, 1.82) is 0 Å². The van der Waals surface area contributed by atoms with E-state index in [0.29, 0.717) is 25.0 Å². The predicted molar refractivity (Wildman–Crippen MR) is 74.6 cm³/mol. The molecule has 0 atom stereocenters. The summed E-state index contributed by atoms with van der Waals surface area (Å²) in [5, 5.41) is 0. The zero-order valence-corrected chi connectivity index (χ0v) is 12.5. The molecule has 4 nitrogen and oxygen atoms in total. The minimum Gasteiger partial charge on any atom is -0.465 e. The molecule has 0 saturated heterocycles. The van der Waals surface area contributed by atoms with Gasteiger partial charge in [-0.2, -0.15) is 0 Å². The molecule has 0 bridgehead atoms. The lowest BCUT2D eigenvalue weighted by Crippen LogP contribution is -2.07. The van der Waals surface area contributed by atoms with E-state index < -0.39 is 5.97 Å². The fourth-order valence-electron chi connectivity index (χ4n) is 1.16. The molecule has 0 unspecified atom stereocenters. The zero-order chi connectivity index (χ0) is 14.7. The predicted octanol–water partition coefficient (Wildman–Crippen LogP) is 3.11. The van der Waals surface area contributed by atoms with Gasteiger partial charge in [-0.15, -0.1) is 0 Å². The second-order valence-electron chi connectivity index (χ2n) is 5.36. The highest BCUT2D eigenvalue weighted by atomic mass is 16.5. The first-order valence-corrected chi connectivity index (χ1v) is 6.90. The van der Waals surface area contributed by atoms with Crippen LogP contribution in [-0.2, 0) is 19.1 Å². The maximum absolute atomic E-state index is 11.3. The van der Waals surface area contributed by atoms with Crippen LogP contribution in [0.5, 0.6) is 0 Å².